The van der Waals surface area contributed by atoms with E-state index in [1.54, 1.807) is 0 Å². The second kappa shape index (κ2) is 9.80. The first-order valence-electron chi connectivity index (χ1n) is 10.3. The van der Waals surface area contributed by atoms with Gasteiger partial charge in [-0.1, -0.05) is 67.8 Å². The minimum Gasteiger partial charge on any atom is -0.366 e. The Balaban J connectivity index is 1.87. The van der Waals surface area contributed by atoms with E-state index >= 15 is 0 Å². The zero-order valence-electron chi connectivity index (χ0n) is 17.2. The Kier molecular flexibility index (Phi) is 7.16. The maximum Gasteiger partial charge on any atom is 0.250 e. The summed E-state index contributed by atoms with van der Waals surface area (Å²) >= 11 is 6.12. The Labute approximate surface area is 178 Å². The molecule has 3 aromatic rings. The Morgan fingerprint density at radius 2 is 1.76 bits per heavy atom. The van der Waals surface area contributed by atoms with Crippen molar-refractivity contribution in [3.05, 3.63) is 82.0 Å². The number of carbonyl (C=O) groups excluding carboxylic acids is 1. The second-order valence-corrected chi connectivity index (χ2v) is 8.01. The standard InChI is InChI=1S/C25H29ClN2O/c1-3-4-5-7-19-10-12-21(13-11-19)24-17-23(25(27)29)18(2)28(24)15-14-20-8-6-9-22(26)16-20/h6,8-13,16-17H,3-5,7,14-15H2,1-2H3,(H2,27,29). The lowest BCUT2D eigenvalue weighted by Crippen LogP contribution is -2.13. The lowest BCUT2D eigenvalue weighted by Gasteiger charge is -2.13. The molecule has 29 heavy (non-hydrogen) atoms. The van der Waals surface area contributed by atoms with E-state index in [-0.39, 0.29) is 5.91 Å². The van der Waals surface area contributed by atoms with Crippen molar-refractivity contribution in [3.63, 3.8) is 0 Å². The zero-order valence-corrected chi connectivity index (χ0v) is 18.0. The van der Waals surface area contributed by atoms with Crippen LogP contribution >= 0.6 is 11.6 Å². The molecule has 0 aliphatic carbocycles. The number of hydrogen-bond acceptors (Lipinski definition) is 1. The molecule has 0 bridgehead atoms. The van der Waals surface area contributed by atoms with Gasteiger partial charge in [0.25, 0.3) is 5.91 Å². The predicted molar refractivity (Wildman–Crippen MR) is 122 cm³/mol. The number of aryl methyl sites for hydroxylation is 2. The summed E-state index contributed by atoms with van der Waals surface area (Å²) in [7, 11) is 0. The lowest BCUT2D eigenvalue weighted by atomic mass is 10.0. The van der Waals surface area contributed by atoms with Crippen LogP contribution in [0, 0.1) is 6.92 Å². The molecule has 3 rings (SSSR count). The molecular formula is C25H29ClN2O. The molecular weight excluding hydrogens is 380 g/mol. The third-order valence-corrected chi connectivity index (χ3v) is 5.70. The third-order valence-electron chi connectivity index (χ3n) is 5.46. The number of benzene rings is 2. The van der Waals surface area contributed by atoms with Crippen molar-refractivity contribution in [1.29, 1.82) is 0 Å². The van der Waals surface area contributed by atoms with Gasteiger partial charge in [0.15, 0.2) is 0 Å². The molecule has 2 aromatic carbocycles. The monoisotopic (exact) mass is 408 g/mol. The van der Waals surface area contributed by atoms with Gasteiger partial charge in [-0.25, -0.2) is 0 Å². The van der Waals surface area contributed by atoms with Crippen LogP contribution in [0.1, 0.15) is 53.4 Å². The first kappa shape index (κ1) is 21.2. The largest absolute Gasteiger partial charge is 0.366 e. The molecule has 0 spiro atoms. The molecule has 4 heteroatoms. The number of amides is 1. The minimum absolute atomic E-state index is 0.388. The Morgan fingerprint density at radius 1 is 1.00 bits per heavy atom. The normalized spacial score (nSPS) is 11.0. The van der Waals surface area contributed by atoms with E-state index in [1.165, 1.54) is 30.4 Å². The topological polar surface area (TPSA) is 48.0 Å². The highest BCUT2D eigenvalue weighted by molar-refractivity contribution is 6.30. The van der Waals surface area contributed by atoms with Gasteiger partial charge in [0.2, 0.25) is 0 Å². The average molecular weight is 409 g/mol. The van der Waals surface area contributed by atoms with Gasteiger partial charge in [-0.05, 0) is 61.1 Å². The van der Waals surface area contributed by atoms with Crippen molar-refractivity contribution in [3.8, 4) is 11.3 Å². The summed E-state index contributed by atoms with van der Waals surface area (Å²) in [6.45, 7) is 4.94. The summed E-state index contributed by atoms with van der Waals surface area (Å²) in [6.07, 6.45) is 5.64. The number of primary amides is 1. The highest BCUT2D eigenvalue weighted by Gasteiger charge is 2.16. The molecule has 0 radical (unpaired) electrons. The number of rotatable bonds is 9. The quantitative estimate of drug-likeness (QED) is 0.421. The minimum atomic E-state index is -0.388. The van der Waals surface area contributed by atoms with Crippen LogP contribution in [0.25, 0.3) is 11.3 Å². The van der Waals surface area contributed by atoms with E-state index in [9.17, 15) is 4.79 Å². The van der Waals surface area contributed by atoms with Crippen molar-refractivity contribution in [2.45, 2.75) is 52.5 Å². The maximum atomic E-state index is 11.9. The Bertz CT molecular complexity index is 973. The maximum absolute atomic E-state index is 11.9. The molecule has 0 saturated carbocycles. The molecule has 1 amide bonds. The smallest absolute Gasteiger partial charge is 0.250 e. The fraction of sp³-hybridized carbons (Fsp3) is 0.320. The number of carbonyl (C=O) groups is 1. The third kappa shape index (κ3) is 5.30. The molecule has 2 N–H and O–H groups in total. The van der Waals surface area contributed by atoms with E-state index in [1.807, 2.05) is 31.2 Å². The summed E-state index contributed by atoms with van der Waals surface area (Å²) in [4.78, 5) is 11.9. The molecule has 0 fully saturated rings. The molecule has 0 saturated heterocycles. The zero-order chi connectivity index (χ0) is 20.8. The average Bonchev–Trinajstić information content (AvgIpc) is 3.04. The summed E-state index contributed by atoms with van der Waals surface area (Å²) in [6, 6.07) is 18.5. The molecule has 3 nitrogen and oxygen atoms in total. The number of hydrogen-bond donors (Lipinski definition) is 1. The molecule has 0 unspecified atom stereocenters. The van der Waals surface area contributed by atoms with Gasteiger partial charge in [-0.3, -0.25) is 4.79 Å². The van der Waals surface area contributed by atoms with Crippen LogP contribution in [-0.4, -0.2) is 10.5 Å². The molecule has 1 heterocycles. The molecule has 0 atom stereocenters. The van der Waals surface area contributed by atoms with Crippen LogP contribution in [0.4, 0.5) is 0 Å². The van der Waals surface area contributed by atoms with Crippen molar-refractivity contribution >= 4 is 17.5 Å². The van der Waals surface area contributed by atoms with Gasteiger partial charge < -0.3 is 10.3 Å². The van der Waals surface area contributed by atoms with Crippen LogP contribution in [0.3, 0.4) is 0 Å². The van der Waals surface area contributed by atoms with Crippen molar-refractivity contribution in [2.24, 2.45) is 5.73 Å². The van der Waals surface area contributed by atoms with Crippen LogP contribution in [-0.2, 0) is 19.4 Å². The van der Waals surface area contributed by atoms with E-state index < -0.39 is 0 Å². The predicted octanol–water partition coefficient (Wildman–Crippen LogP) is 6.19. The fourth-order valence-electron chi connectivity index (χ4n) is 3.78. The summed E-state index contributed by atoms with van der Waals surface area (Å²) in [5.41, 5.74) is 11.8. The number of nitrogens with two attached hydrogens (primary N) is 1. The van der Waals surface area contributed by atoms with Gasteiger partial charge in [0.05, 0.1) is 5.56 Å². The Hall–Kier alpha value is -2.52. The fourth-order valence-corrected chi connectivity index (χ4v) is 3.99. The highest BCUT2D eigenvalue weighted by atomic mass is 35.5. The van der Waals surface area contributed by atoms with E-state index in [4.69, 9.17) is 17.3 Å². The van der Waals surface area contributed by atoms with Crippen LogP contribution < -0.4 is 5.73 Å². The number of halogens is 1. The summed E-state index contributed by atoms with van der Waals surface area (Å²) in [5.74, 6) is -0.388. The van der Waals surface area contributed by atoms with Crippen molar-refractivity contribution in [1.82, 2.24) is 4.57 Å². The molecule has 152 valence electrons. The first-order chi connectivity index (χ1) is 14.0. The van der Waals surface area contributed by atoms with Gasteiger partial charge >= 0.3 is 0 Å². The van der Waals surface area contributed by atoms with Gasteiger partial charge in [-0.2, -0.15) is 0 Å². The summed E-state index contributed by atoms with van der Waals surface area (Å²) < 4.78 is 2.19. The van der Waals surface area contributed by atoms with Crippen molar-refractivity contribution < 1.29 is 4.79 Å². The lowest BCUT2D eigenvalue weighted by molar-refractivity contribution is 0.0999. The van der Waals surface area contributed by atoms with Gasteiger partial charge in [-0.15, -0.1) is 0 Å². The van der Waals surface area contributed by atoms with E-state index in [0.29, 0.717) is 5.56 Å². The van der Waals surface area contributed by atoms with Crippen LogP contribution in [0.2, 0.25) is 5.02 Å². The van der Waals surface area contributed by atoms with Crippen molar-refractivity contribution in [2.75, 3.05) is 0 Å². The van der Waals surface area contributed by atoms with E-state index in [0.717, 1.165) is 41.4 Å². The number of aromatic nitrogens is 1. The highest BCUT2D eigenvalue weighted by Crippen LogP contribution is 2.27. The van der Waals surface area contributed by atoms with Crippen LogP contribution in [0.15, 0.2) is 54.6 Å². The second-order valence-electron chi connectivity index (χ2n) is 7.58. The summed E-state index contributed by atoms with van der Waals surface area (Å²) in [5, 5.41) is 0.739. The Morgan fingerprint density at radius 3 is 2.41 bits per heavy atom. The van der Waals surface area contributed by atoms with E-state index in [2.05, 4.69) is 41.8 Å². The molecule has 0 aliphatic heterocycles. The molecule has 1 aromatic heterocycles. The molecule has 0 aliphatic rings. The SMILES string of the molecule is CCCCCc1ccc(-c2cc(C(N)=O)c(C)n2CCc2cccc(Cl)c2)cc1. The van der Waals surface area contributed by atoms with Crippen LogP contribution in [0.5, 0.6) is 0 Å². The number of unbranched alkanes of at least 4 members (excludes halogenated alkanes) is 2. The number of nitrogens with zero attached hydrogens (tertiary/aromatic N) is 1. The van der Waals surface area contributed by atoms with Gasteiger partial charge in [0, 0.05) is 23.0 Å². The first-order valence-corrected chi connectivity index (χ1v) is 10.7. The van der Waals surface area contributed by atoms with Gasteiger partial charge in [0.1, 0.15) is 0 Å².